The Morgan fingerprint density at radius 1 is 1.29 bits per heavy atom. The van der Waals surface area contributed by atoms with E-state index in [0.29, 0.717) is 35.0 Å². The third kappa shape index (κ3) is 3.70. The molecule has 0 bridgehead atoms. The highest BCUT2D eigenvalue weighted by Crippen LogP contribution is 2.19. The summed E-state index contributed by atoms with van der Waals surface area (Å²) in [5.41, 5.74) is 8.11. The molecule has 0 saturated heterocycles. The standard InChI is InChI=1S/C15H16ClN3O2/c1-3-21-14(20)13-9(2)18-15(17)19-12(13)8-10-4-6-11(16)7-5-10/h4-7H,3,8H2,1-2H3,(H2,17,18,19). The van der Waals surface area contributed by atoms with Crippen LogP contribution in [0.5, 0.6) is 0 Å². The van der Waals surface area contributed by atoms with Crippen molar-refractivity contribution in [2.24, 2.45) is 0 Å². The molecular formula is C15H16ClN3O2. The third-order valence-electron chi connectivity index (χ3n) is 2.95. The van der Waals surface area contributed by atoms with Gasteiger partial charge in [-0.2, -0.15) is 0 Å². The number of ether oxygens (including phenoxy) is 1. The highest BCUT2D eigenvalue weighted by atomic mass is 35.5. The molecule has 2 aromatic rings. The molecule has 0 spiro atoms. The van der Waals surface area contributed by atoms with Crippen LogP contribution in [0.15, 0.2) is 24.3 Å². The molecule has 0 aliphatic carbocycles. The minimum atomic E-state index is -0.432. The van der Waals surface area contributed by atoms with Crippen LogP contribution in [0, 0.1) is 6.92 Å². The molecule has 1 heterocycles. The lowest BCUT2D eigenvalue weighted by Crippen LogP contribution is -2.15. The largest absolute Gasteiger partial charge is 0.462 e. The molecule has 1 aromatic carbocycles. The van der Waals surface area contributed by atoms with Crippen LogP contribution in [-0.4, -0.2) is 22.5 Å². The van der Waals surface area contributed by atoms with Gasteiger partial charge in [-0.1, -0.05) is 23.7 Å². The Hall–Kier alpha value is -2.14. The summed E-state index contributed by atoms with van der Waals surface area (Å²) in [6.45, 7) is 3.77. The van der Waals surface area contributed by atoms with Gasteiger partial charge >= 0.3 is 5.97 Å². The van der Waals surface area contributed by atoms with E-state index in [1.807, 2.05) is 12.1 Å². The molecule has 0 saturated carbocycles. The molecule has 110 valence electrons. The molecule has 0 aliphatic heterocycles. The molecule has 0 atom stereocenters. The first-order valence-electron chi connectivity index (χ1n) is 6.55. The monoisotopic (exact) mass is 305 g/mol. The van der Waals surface area contributed by atoms with Crippen molar-refractivity contribution in [1.29, 1.82) is 0 Å². The molecule has 5 nitrogen and oxygen atoms in total. The minimum absolute atomic E-state index is 0.143. The molecule has 0 unspecified atom stereocenters. The zero-order valence-electron chi connectivity index (χ0n) is 11.9. The molecule has 0 radical (unpaired) electrons. The van der Waals surface area contributed by atoms with Crippen molar-refractivity contribution in [3.05, 3.63) is 51.8 Å². The van der Waals surface area contributed by atoms with Crippen LogP contribution < -0.4 is 5.73 Å². The van der Waals surface area contributed by atoms with E-state index in [4.69, 9.17) is 22.1 Å². The second-order valence-electron chi connectivity index (χ2n) is 4.51. The lowest BCUT2D eigenvalue weighted by Gasteiger charge is -2.11. The Kier molecular flexibility index (Phi) is 4.75. The maximum Gasteiger partial charge on any atom is 0.341 e. The predicted molar refractivity (Wildman–Crippen MR) is 81.4 cm³/mol. The number of nitrogens with two attached hydrogens (primary N) is 1. The predicted octanol–water partition coefficient (Wildman–Crippen LogP) is 2.79. The van der Waals surface area contributed by atoms with Gasteiger partial charge in [-0.3, -0.25) is 0 Å². The second-order valence-corrected chi connectivity index (χ2v) is 4.95. The lowest BCUT2D eigenvalue weighted by molar-refractivity contribution is 0.0523. The first kappa shape index (κ1) is 15.3. The molecule has 1 aromatic heterocycles. The average molecular weight is 306 g/mol. The van der Waals surface area contributed by atoms with E-state index >= 15 is 0 Å². The summed E-state index contributed by atoms with van der Waals surface area (Å²) >= 11 is 5.87. The van der Waals surface area contributed by atoms with Crippen LogP contribution in [-0.2, 0) is 11.2 Å². The van der Waals surface area contributed by atoms with Crippen molar-refractivity contribution >= 4 is 23.5 Å². The van der Waals surface area contributed by atoms with Crippen molar-refractivity contribution in [3.8, 4) is 0 Å². The van der Waals surface area contributed by atoms with Gasteiger partial charge in [-0.15, -0.1) is 0 Å². The Bertz CT molecular complexity index is 657. The average Bonchev–Trinajstić information content (AvgIpc) is 2.41. The molecule has 6 heteroatoms. The zero-order valence-corrected chi connectivity index (χ0v) is 12.6. The van der Waals surface area contributed by atoms with E-state index in [-0.39, 0.29) is 5.95 Å². The van der Waals surface area contributed by atoms with Crippen molar-refractivity contribution in [3.63, 3.8) is 0 Å². The van der Waals surface area contributed by atoms with Gasteiger partial charge in [0.25, 0.3) is 0 Å². The van der Waals surface area contributed by atoms with Crippen molar-refractivity contribution in [1.82, 2.24) is 9.97 Å². The second kappa shape index (κ2) is 6.54. The summed E-state index contributed by atoms with van der Waals surface area (Å²) < 4.78 is 5.07. The van der Waals surface area contributed by atoms with Crippen LogP contribution in [0.2, 0.25) is 5.02 Å². The van der Waals surface area contributed by atoms with Gasteiger partial charge < -0.3 is 10.5 Å². The molecule has 2 N–H and O–H groups in total. The summed E-state index contributed by atoms with van der Waals surface area (Å²) in [7, 11) is 0. The fourth-order valence-electron chi connectivity index (χ4n) is 2.05. The molecule has 21 heavy (non-hydrogen) atoms. The molecule has 0 amide bonds. The number of rotatable bonds is 4. The molecule has 2 rings (SSSR count). The highest BCUT2D eigenvalue weighted by molar-refractivity contribution is 6.30. The van der Waals surface area contributed by atoms with E-state index < -0.39 is 5.97 Å². The highest BCUT2D eigenvalue weighted by Gasteiger charge is 2.19. The first-order chi connectivity index (χ1) is 10.0. The number of nitrogens with zero attached hydrogens (tertiary/aromatic N) is 2. The van der Waals surface area contributed by atoms with Gasteiger partial charge in [0.05, 0.1) is 18.0 Å². The summed E-state index contributed by atoms with van der Waals surface area (Å²) in [4.78, 5) is 20.3. The number of halogens is 1. The van der Waals surface area contributed by atoms with Crippen LogP contribution >= 0.6 is 11.6 Å². The lowest BCUT2D eigenvalue weighted by atomic mass is 10.0. The first-order valence-corrected chi connectivity index (χ1v) is 6.93. The summed E-state index contributed by atoms with van der Waals surface area (Å²) in [5.74, 6) is -0.288. The maximum atomic E-state index is 12.1. The molecule has 0 fully saturated rings. The minimum Gasteiger partial charge on any atom is -0.462 e. The van der Waals surface area contributed by atoms with Gasteiger partial charge in [0.2, 0.25) is 5.95 Å². The van der Waals surface area contributed by atoms with Gasteiger partial charge in [0.15, 0.2) is 0 Å². The topological polar surface area (TPSA) is 78.1 Å². The number of nitrogen functional groups attached to an aromatic ring is 1. The van der Waals surface area contributed by atoms with Crippen LogP contribution in [0.4, 0.5) is 5.95 Å². The van der Waals surface area contributed by atoms with E-state index in [1.165, 1.54) is 0 Å². The number of aryl methyl sites for hydroxylation is 1. The van der Waals surface area contributed by atoms with E-state index in [1.54, 1.807) is 26.0 Å². The van der Waals surface area contributed by atoms with E-state index in [0.717, 1.165) is 5.56 Å². The number of anilines is 1. The van der Waals surface area contributed by atoms with Gasteiger partial charge in [0.1, 0.15) is 5.56 Å². The SMILES string of the molecule is CCOC(=O)c1c(C)nc(N)nc1Cc1ccc(Cl)cc1. The molecule has 0 aliphatic rings. The Balaban J connectivity index is 2.41. The quantitative estimate of drug-likeness (QED) is 0.879. The Morgan fingerprint density at radius 3 is 2.57 bits per heavy atom. The van der Waals surface area contributed by atoms with Crippen LogP contribution in [0.3, 0.4) is 0 Å². The number of carbonyl (C=O) groups is 1. The molecular weight excluding hydrogens is 290 g/mol. The van der Waals surface area contributed by atoms with Crippen molar-refractivity contribution in [2.45, 2.75) is 20.3 Å². The zero-order chi connectivity index (χ0) is 15.4. The van der Waals surface area contributed by atoms with E-state index in [9.17, 15) is 4.79 Å². The number of carbonyl (C=O) groups excluding carboxylic acids is 1. The van der Waals surface area contributed by atoms with Crippen molar-refractivity contribution in [2.75, 3.05) is 12.3 Å². The number of benzene rings is 1. The fraction of sp³-hybridized carbons (Fsp3) is 0.267. The van der Waals surface area contributed by atoms with Crippen molar-refractivity contribution < 1.29 is 9.53 Å². The number of aromatic nitrogens is 2. The normalized spacial score (nSPS) is 10.4. The van der Waals surface area contributed by atoms with Crippen LogP contribution in [0.1, 0.15) is 34.2 Å². The fourth-order valence-corrected chi connectivity index (χ4v) is 2.17. The number of hydrogen-bond acceptors (Lipinski definition) is 5. The summed E-state index contributed by atoms with van der Waals surface area (Å²) in [6.07, 6.45) is 0.457. The van der Waals surface area contributed by atoms with E-state index in [2.05, 4.69) is 9.97 Å². The smallest absolute Gasteiger partial charge is 0.341 e. The van der Waals surface area contributed by atoms with Gasteiger partial charge in [0, 0.05) is 11.4 Å². The summed E-state index contributed by atoms with van der Waals surface area (Å²) in [6, 6.07) is 7.34. The van der Waals surface area contributed by atoms with Crippen LogP contribution in [0.25, 0.3) is 0 Å². The Morgan fingerprint density at radius 2 is 1.95 bits per heavy atom. The summed E-state index contributed by atoms with van der Waals surface area (Å²) in [5, 5.41) is 0.655. The number of esters is 1. The third-order valence-corrected chi connectivity index (χ3v) is 3.20. The van der Waals surface area contributed by atoms with Gasteiger partial charge in [-0.25, -0.2) is 14.8 Å². The Labute approximate surface area is 128 Å². The maximum absolute atomic E-state index is 12.1. The number of hydrogen-bond donors (Lipinski definition) is 1. The van der Waals surface area contributed by atoms with Gasteiger partial charge in [-0.05, 0) is 31.5 Å².